The van der Waals surface area contributed by atoms with Gasteiger partial charge in [0.05, 0.1) is 23.7 Å². The van der Waals surface area contributed by atoms with Crippen LogP contribution in [0.25, 0.3) is 0 Å². The zero-order valence-corrected chi connectivity index (χ0v) is 22.6. The number of anilines is 1. The van der Waals surface area contributed by atoms with Crippen LogP contribution in [0.4, 0.5) is 5.69 Å². The molecule has 2 aromatic carbocycles. The monoisotopic (exact) mass is 552 g/mol. The first-order chi connectivity index (χ1) is 16.9. The third kappa shape index (κ3) is 8.17. The molecule has 1 amide bonds. The molecule has 3 aromatic rings. The van der Waals surface area contributed by atoms with Crippen molar-refractivity contribution in [2.75, 3.05) is 17.7 Å². The number of nitrogens with one attached hydrogen (secondary N) is 1. The Labute approximate surface area is 223 Å². The summed E-state index contributed by atoms with van der Waals surface area (Å²) in [6.45, 7) is 5.00. The van der Waals surface area contributed by atoms with E-state index in [1.54, 1.807) is 42.1 Å². The number of amides is 1. The summed E-state index contributed by atoms with van der Waals surface area (Å²) in [5.41, 5.74) is 1.95. The molecule has 7 nitrogen and oxygen atoms in total. The number of hydrogen-bond acceptors (Lipinski definition) is 7. The fourth-order valence-corrected chi connectivity index (χ4v) is 5.42. The Morgan fingerprint density at radius 2 is 1.91 bits per heavy atom. The molecule has 0 radical (unpaired) electrons. The van der Waals surface area contributed by atoms with Crippen LogP contribution in [-0.4, -0.2) is 39.0 Å². The number of carbonyl (C=O) groups excluding carboxylic acids is 2. The summed E-state index contributed by atoms with van der Waals surface area (Å²) in [7, 11) is 0. The van der Waals surface area contributed by atoms with Crippen molar-refractivity contribution in [3.05, 3.63) is 69.5 Å². The number of benzene rings is 2. The van der Waals surface area contributed by atoms with E-state index in [1.165, 1.54) is 11.8 Å². The van der Waals surface area contributed by atoms with Crippen LogP contribution >= 0.6 is 46.7 Å². The predicted octanol–water partition coefficient (Wildman–Crippen LogP) is 6.34. The quantitative estimate of drug-likeness (QED) is 0.207. The molecule has 0 aliphatic carbocycles. The predicted molar refractivity (Wildman–Crippen MR) is 144 cm³/mol. The van der Waals surface area contributed by atoms with Gasteiger partial charge in [-0.1, -0.05) is 54.0 Å². The van der Waals surface area contributed by atoms with Gasteiger partial charge in [-0.2, -0.15) is 0 Å². The van der Waals surface area contributed by atoms with Crippen LogP contribution in [0.15, 0.2) is 47.6 Å². The Morgan fingerprint density at radius 1 is 1.09 bits per heavy atom. The molecule has 1 aromatic heterocycles. The minimum absolute atomic E-state index is 0.163. The molecule has 0 saturated carbocycles. The van der Waals surface area contributed by atoms with Gasteiger partial charge >= 0.3 is 5.97 Å². The van der Waals surface area contributed by atoms with Crippen LogP contribution in [-0.2, 0) is 27.6 Å². The number of ether oxygens (including phenoxy) is 1. The molecule has 35 heavy (non-hydrogen) atoms. The second-order valence-electron chi connectivity index (χ2n) is 7.43. The van der Waals surface area contributed by atoms with E-state index in [2.05, 4.69) is 15.5 Å². The van der Waals surface area contributed by atoms with E-state index in [0.29, 0.717) is 45.4 Å². The third-order valence-electron chi connectivity index (χ3n) is 4.77. The van der Waals surface area contributed by atoms with Gasteiger partial charge < -0.3 is 14.6 Å². The van der Waals surface area contributed by atoms with Crippen molar-refractivity contribution in [2.45, 2.75) is 43.5 Å². The topological polar surface area (TPSA) is 86.1 Å². The van der Waals surface area contributed by atoms with Crippen LogP contribution in [0.2, 0.25) is 10.0 Å². The van der Waals surface area contributed by atoms with Gasteiger partial charge in [-0.15, -0.1) is 22.0 Å². The van der Waals surface area contributed by atoms with Crippen LogP contribution in [0.5, 0.6) is 0 Å². The maximum absolute atomic E-state index is 12.5. The summed E-state index contributed by atoms with van der Waals surface area (Å²) in [5, 5.41) is 13.3. The first-order valence-electron chi connectivity index (χ1n) is 11.0. The molecule has 0 unspecified atom stereocenters. The highest BCUT2D eigenvalue weighted by atomic mass is 35.5. The highest BCUT2D eigenvalue weighted by Gasteiger charge is 2.14. The summed E-state index contributed by atoms with van der Waals surface area (Å²) in [6.07, 6.45) is 0.749. The fourth-order valence-electron chi connectivity index (χ4n) is 3.07. The Bertz CT molecular complexity index is 1170. The number of rotatable bonds is 12. The summed E-state index contributed by atoms with van der Waals surface area (Å²) in [6, 6.07) is 12.2. The van der Waals surface area contributed by atoms with Gasteiger partial charge in [0.15, 0.2) is 5.16 Å². The van der Waals surface area contributed by atoms with E-state index in [9.17, 15) is 9.59 Å². The highest BCUT2D eigenvalue weighted by Crippen LogP contribution is 2.27. The molecule has 0 atom stereocenters. The van der Waals surface area contributed by atoms with Crippen molar-refractivity contribution < 1.29 is 14.3 Å². The van der Waals surface area contributed by atoms with Crippen LogP contribution in [0.3, 0.4) is 0 Å². The van der Waals surface area contributed by atoms with Gasteiger partial charge in [-0.25, -0.2) is 4.79 Å². The second kappa shape index (κ2) is 13.8. The van der Waals surface area contributed by atoms with Gasteiger partial charge in [0, 0.05) is 28.0 Å². The molecule has 1 N–H and O–H groups in total. The van der Waals surface area contributed by atoms with Gasteiger partial charge in [0.2, 0.25) is 5.91 Å². The van der Waals surface area contributed by atoms with Crippen molar-refractivity contribution in [1.29, 1.82) is 0 Å². The average Bonchev–Trinajstić information content (AvgIpc) is 3.24. The molecule has 3 rings (SSSR count). The number of esters is 1. The maximum atomic E-state index is 12.5. The summed E-state index contributed by atoms with van der Waals surface area (Å²) in [5.74, 6) is 1.78. The molecular formula is C24H26Cl2N4O3S2. The average molecular weight is 554 g/mol. The standard InChI is InChI=1S/C24H26Cl2N4O3S2/c1-3-10-33-23(32)16-6-5-7-19(11-16)27-22(31)15-35-24-29-28-21(30(24)4-2)14-34-13-17-8-9-18(25)12-20(17)26/h5-9,11-12H,3-4,10,13-15H2,1-2H3,(H,27,31). The largest absolute Gasteiger partial charge is 0.462 e. The van der Waals surface area contributed by atoms with Crippen LogP contribution in [0.1, 0.15) is 42.0 Å². The molecular weight excluding hydrogens is 527 g/mol. The smallest absolute Gasteiger partial charge is 0.338 e. The molecule has 0 aliphatic rings. The zero-order valence-electron chi connectivity index (χ0n) is 19.4. The number of aromatic nitrogens is 3. The lowest BCUT2D eigenvalue weighted by molar-refractivity contribution is -0.113. The minimum atomic E-state index is -0.405. The van der Waals surface area contributed by atoms with E-state index in [0.717, 1.165) is 23.6 Å². The van der Waals surface area contributed by atoms with Crippen molar-refractivity contribution in [2.24, 2.45) is 0 Å². The van der Waals surface area contributed by atoms with Crippen molar-refractivity contribution in [1.82, 2.24) is 14.8 Å². The second-order valence-corrected chi connectivity index (χ2v) is 10.2. The van der Waals surface area contributed by atoms with E-state index < -0.39 is 5.97 Å². The summed E-state index contributed by atoms with van der Waals surface area (Å²) < 4.78 is 7.15. The first-order valence-corrected chi connectivity index (χ1v) is 13.9. The van der Waals surface area contributed by atoms with E-state index >= 15 is 0 Å². The zero-order chi connectivity index (χ0) is 25.2. The van der Waals surface area contributed by atoms with Gasteiger partial charge in [0.25, 0.3) is 0 Å². The van der Waals surface area contributed by atoms with Gasteiger partial charge in [-0.3, -0.25) is 4.79 Å². The third-order valence-corrected chi connectivity index (χ3v) is 7.30. The van der Waals surface area contributed by atoms with Gasteiger partial charge in [-0.05, 0) is 49.2 Å². The SMILES string of the molecule is CCCOC(=O)c1cccc(NC(=O)CSc2nnc(CSCc3ccc(Cl)cc3Cl)n2CC)c1. The molecule has 0 bridgehead atoms. The summed E-state index contributed by atoms with van der Waals surface area (Å²) in [4.78, 5) is 24.5. The van der Waals surface area contributed by atoms with Crippen molar-refractivity contribution in [3.63, 3.8) is 0 Å². The molecule has 0 fully saturated rings. The van der Waals surface area contributed by atoms with E-state index in [4.69, 9.17) is 27.9 Å². The van der Waals surface area contributed by atoms with E-state index in [-0.39, 0.29) is 11.7 Å². The molecule has 0 saturated heterocycles. The molecule has 0 spiro atoms. The molecule has 1 heterocycles. The Hall–Kier alpha value is -2.20. The number of nitrogens with zero attached hydrogens (tertiary/aromatic N) is 3. The lowest BCUT2D eigenvalue weighted by Crippen LogP contribution is -2.15. The van der Waals surface area contributed by atoms with Gasteiger partial charge in [0.1, 0.15) is 5.82 Å². The Kier molecular flexibility index (Phi) is 10.8. The summed E-state index contributed by atoms with van der Waals surface area (Å²) >= 11 is 15.2. The van der Waals surface area contributed by atoms with Crippen LogP contribution in [0, 0.1) is 0 Å². The minimum Gasteiger partial charge on any atom is -0.462 e. The number of hydrogen-bond donors (Lipinski definition) is 1. The lowest BCUT2D eigenvalue weighted by atomic mass is 10.2. The number of halogens is 2. The lowest BCUT2D eigenvalue weighted by Gasteiger charge is -2.09. The van der Waals surface area contributed by atoms with Crippen molar-refractivity contribution in [3.8, 4) is 0 Å². The maximum Gasteiger partial charge on any atom is 0.338 e. The number of thioether (sulfide) groups is 2. The fraction of sp³-hybridized carbons (Fsp3) is 0.333. The Morgan fingerprint density at radius 3 is 2.66 bits per heavy atom. The Balaban J connectivity index is 1.52. The highest BCUT2D eigenvalue weighted by molar-refractivity contribution is 7.99. The molecule has 186 valence electrons. The first kappa shape index (κ1) is 27.4. The molecule has 11 heteroatoms. The molecule has 0 aliphatic heterocycles. The van der Waals surface area contributed by atoms with Crippen molar-refractivity contribution >= 4 is 64.3 Å². The normalized spacial score (nSPS) is 10.9. The van der Waals surface area contributed by atoms with Crippen LogP contribution < -0.4 is 5.32 Å². The number of carbonyl (C=O) groups is 2. The van der Waals surface area contributed by atoms with E-state index in [1.807, 2.05) is 30.5 Å².